The smallest absolute Gasteiger partial charge is 0.0246 e. The van der Waals surface area contributed by atoms with Crippen molar-refractivity contribution in [1.29, 1.82) is 0 Å². The van der Waals surface area contributed by atoms with E-state index in [4.69, 9.17) is 0 Å². The van der Waals surface area contributed by atoms with Crippen molar-refractivity contribution in [2.45, 2.75) is 39.2 Å². The van der Waals surface area contributed by atoms with E-state index in [1.165, 1.54) is 12.0 Å². The van der Waals surface area contributed by atoms with Gasteiger partial charge in [-0.2, -0.15) is 0 Å². The molecule has 0 aliphatic rings. The minimum atomic E-state index is 0.481. The summed E-state index contributed by atoms with van der Waals surface area (Å²) in [7, 11) is 0. The van der Waals surface area contributed by atoms with Gasteiger partial charge in [0, 0.05) is 12.5 Å². The normalized spacial score (nSPS) is 11.6. The van der Waals surface area contributed by atoms with E-state index in [9.17, 15) is 0 Å². The van der Waals surface area contributed by atoms with Crippen molar-refractivity contribution >= 4 is 0 Å². The van der Waals surface area contributed by atoms with Gasteiger partial charge >= 0.3 is 0 Å². The number of nitrogens with one attached hydrogen (secondary N) is 1. The average Bonchev–Trinajstić information content (AvgIpc) is 2.34. The molecule has 1 rings (SSSR count). The van der Waals surface area contributed by atoms with Crippen molar-refractivity contribution in [1.82, 2.24) is 5.32 Å². The van der Waals surface area contributed by atoms with Gasteiger partial charge in [-0.15, -0.1) is 11.8 Å². The van der Waals surface area contributed by atoms with E-state index in [0.717, 1.165) is 19.4 Å². The SMILES string of the molecule is CC#CCC(Cc1ccccc1)NCCC. The van der Waals surface area contributed by atoms with E-state index in [2.05, 4.69) is 54.4 Å². The Labute approximate surface area is 99.3 Å². The Morgan fingerprint density at radius 2 is 2.00 bits per heavy atom. The van der Waals surface area contributed by atoms with Crippen molar-refractivity contribution in [3.05, 3.63) is 35.9 Å². The van der Waals surface area contributed by atoms with E-state index in [1.54, 1.807) is 0 Å². The third-order valence-corrected chi connectivity index (χ3v) is 2.53. The number of rotatable bonds is 6. The van der Waals surface area contributed by atoms with Crippen LogP contribution >= 0.6 is 0 Å². The van der Waals surface area contributed by atoms with Crippen molar-refractivity contribution in [2.75, 3.05) is 6.54 Å². The summed E-state index contributed by atoms with van der Waals surface area (Å²) >= 11 is 0. The molecule has 0 radical (unpaired) electrons. The van der Waals surface area contributed by atoms with Crippen LogP contribution in [-0.4, -0.2) is 12.6 Å². The zero-order chi connectivity index (χ0) is 11.6. The van der Waals surface area contributed by atoms with Crippen LogP contribution in [0.2, 0.25) is 0 Å². The molecule has 1 N–H and O–H groups in total. The highest BCUT2D eigenvalue weighted by Gasteiger charge is 2.06. The largest absolute Gasteiger partial charge is 0.313 e. The first-order chi connectivity index (χ1) is 7.86. The van der Waals surface area contributed by atoms with Crippen LogP contribution in [0.25, 0.3) is 0 Å². The molecule has 16 heavy (non-hydrogen) atoms. The van der Waals surface area contributed by atoms with Crippen LogP contribution in [0.3, 0.4) is 0 Å². The molecule has 1 nitrogen and oxygen atoms in total. The monoisotopic (exact) mass is 215 g/mol. The molecule has 1 heteroatoms. The van der Waals surface area contributed by atoms with Gasteiger partial charge in [0.15, 0.2) is 0 Å². The summed E-state index contributed by atoms with van der Waals surface area (Å²) in [6.45, 7) is 5.17. The lowest BCUT2D eigenvalue weighted by molar-refractivity contribution is 0.517. The second-order valence-corrected chi connectivity index (χ2v) is 3.97. The Morgan fingerprint density at radius 3 is 2.62 bits per heavy atom. The zero-order valence-electron chi connectivity index (χ0n) is 10.3. The molecule has 0 amide bonds. The summed E-state index contributed by atoms with van der Waals surface area (Å²) in [5.41, 5.74) is 1.38. The van der Waals surface area contributed by atoms with Gasteiger partial charge in [-0.25, -0.2) is 0 Å². The van der Waals surface area contributed by atoms with Gasteiger partial charge in [-0.05, 0) is 31.9 Å². The van der Waals surface area contributed by atoms with Crippen molar-refractivity contribution in [3.63, 3.8) is 0 Å². The predicted octanol–water partition coefficient (Wildman–Crippen LogP) is 3.01. The number of benzene rings is 1. The standard InChI is InChI=1S/C15H21N/c1-3-5-11-15(16-12-4-2)13-14-9-7-6-8-10-14/h6-10,15-16H,4,11-13H2,1-2H3. The quantitative estimate of drug-likeness (QED) is 0.719. The molecule has 0 aliphatic heterocycles. The molecule has 86 valence electrons. The Balaban J connectivity index is 2.51. The van der Waals surface area contributed by atoms with Gasteiger partial charge < -0.3 is 5.32 Å². The highest BCUT2D eigenvalue weighted by atomic mass is 14.9. The lowest BCUT2D eigenvalue weighted by Crippen LogP contribution is -2.31. The first-order valence-electron chi connectivity index (χ1n) is 6.03. The molecule has 1 aromatic carbocycles. The number of hydrogen-bond donors (Lipinski definition) is 1. The molecule has 1 unspecified atom stereocenters. The summed E-state index contributed by atoms with van der Waals surface area (Å²) in [6.07, 6.45) is 3.17. The van der Waals surface area contributed by atoms with Gasteiger partial charge in [-0.3, -0.25) is 0 Å². The lowest BCUT2D eigenvalue weighted by atomic mass is 10.0. The maximum Gasteiger partial charge on any atom is 0.0246 e. The zero-order valence-corrected chi connectivity index (χ0v) is 10.3. The van der Waals surface area contributed by atoms with Gasteiger partial charge in [0.2, 0.25) is 0 Å². The fraction of sp³-hybridized carbons (Fsp3) is 0.467. The fourth-order valence-electron chi connectivity index (χ4n) is 1.69. The molecule has 0 aromatic heterocycles. The minimum Gasteiger partial charge on any atom is -0.313 e. The molecular weight excluding hydrogens is 194 g/mol. The van der Waals surface area contributed by atoms with Crippen LogP contribution in [0.15, 0.2) is 30.3 Å². The van der Waals surface area contributed by atoms with Crippen molar-refractivity contribution in [3.8, 4) is 11.8 Å². The highest BCUT2D eigenvalue weighted by molar-refractivity contribution is 5.16. The van der Waals surface area contributed by atoms with Crippen molar-refractivity contribution in [2.24, 2.45) is 0 Å². The van der Waals surface area contributed by atoms with Crippen LogP contribution in [0.5, 0.6) is 0 Å². The maximum absolute atomic E-state index is 3.55. The highest BCUT2D eigenvalue weighted by Crippen LogP contribution is 2.05. The number of hydrogen-bond acceptors (Lipinski definition) is 1. The fourth-order valence-corrected chi connectivity index (χ4v) is 1.69. The molecule has 0 aliphatic carbocycles. The van der Waals surface area contributed by atoms with E-state index in [1.807, 2.05) is 6.92 Å². The topological polar surface area (TPSA) is 12.0 Å². The summed E-state index contributed by atoms with van der Waals surface area (Å²) in [6, 6.07) is 11.1. The first kappa shape index (κ1) is 12.8. The van der Waals surface area contributed by atoms with E-state index in [0.29, 0.717) is 6.04 Å². The third kappa shape index (κ3) is 5.00. The van der Waals surface area contributed by atoms with Gasteiger partial charge in [-0.1, -0.05) is 37.3 Å². The second-order valence-electron chi connectivity index (χ2n) is 3.97. The summed E-state index contributed by atoms with van der Waals surface area (Å²) < 4.78 is 0. The maximum atomic E-state index is 3.55. The molecule has 0 spiro atoms. The Bertz CT molecular complexity index is 331. The molecule has 1 atom stereocenters. The van der Waals surface area contributed by atoms with Crippen LogP contribution in [-0.2, 0) is 6.42 Å². The van der Waals surface area contributed by atoms with Crippen LogP contribution in [0.1, 0.15) is 32.3 Å². The summed E-state index contributed by atoms with van der Waals surface area (Å²) in [5, 5.41) is 3.55. The van der Waals surface area contributed by atoms with E-state index >= 15 is 0 Å². The average molecular weight is 215 g/mol. The van der Waals surface area contributed by atoms with Crippen LogP contribution in [0.4, 0.5) is 0 Å². The first-order valence-corrected chi connectivity index (χ1v) is 6.03. The molecule has 0 saturated carbocycles. The van der Waals surface area contributed by atoms with Crippen LogP contribution in [0, 0.1) is 11.8 Å². The lowest BCUT2D eigenvalue weighted by Gasteiger charge is -2.15. The molecule has 0 saturated heterocycles. The van der Waals surface area contributed by atoms with Gasteiger partial charge in [0.1, 0.15) is 0 Å². The Hall–Kier alpha value is -1.26. The van der Waals surface area contributed by atoms with Crippen LogP contribution < -0.4 is 5.32 Å². The Morgan fingerprint density at radius 1 is 1.25 bits per heavy atom. The second kappa shape index (κ2) is 7.96. The van der Waals surface area contributed by atoms with E-state index < -0.39 is 0 Å². The predicted molar refractivity (Wildman–Crippen MR) is 70.3 cm³/mol. The molecule has 1 aromatic rings. The third-order valence-electron chi connectivity index (χ3n) is 2.53. The van der Waals surface area contributed by atoms with Gasteiger partial charge in [0.25, 0.3) is 0 Å². The van der Waals surface area contributed by atoms with Crippen molar-refractivity contribution < 1.29 is 0 Å². The summed E-state index contributed by atoms with van der Waals surface area (Å²) in [4.78, 5) is 0. The molecule has 0 fully saturated rings. The van der Waals surface area contributed by atoms with Gasteiger partial charge in [0.05, 0.1) is 0 Å². The molecule has 0 bridgehead atoms. The summed E-state index contributed by atoms with van der Waals surface area (Å²) in [5.74, 6) is 6.14. The minimum absolute atomic E-state index is 0.481. The Kier molecular flexibility index (Phi) is 6.37. The molecular formula is C15H21N. The van der Waals surface area contributed by atoms with E-state index in [-0.39, 0.29) is 0 Å². The molecule has 0 heterocycles.